The van der Waals surface area contributed by atoms with E-state index in [2.05, 4.69) is 5.10 Å². The fourth-order valence-electron chi connectivity index (χ4n) is 1.38. The van der Waals surface area contributed by atoms with Gasteiger partial charge in [-0.05, 0) is 30.2 Å². The molecule has 15 heavy (non-hydrogen) atoms. The van der Waals surface area contributed by atoms with Crippen LogP contribution in [0, 0.1) is 6.92 Å². The maximum Gasteiger partial charge on any atom is 0.122 e. The molecule has 1 heterocycles. The molecule has 0 aliphatic rings. The smallest absolute Gasteiger partial charge is 0.122 e. The molecule has 0 fully saturated rings. The Balaban J connectivity index is 2.25. The van der Waals surface area contributed by atoms with Gasteiger partial charge >= 0.3 is 0 Å². The third-order valence-corrected chi connectivity index (χ3v) is 2.73. The number of hydrogen-bond acceptors (Lipinski definition) is 2. The van der Waals surface area contributed by atoms with Crippen LogP contribution in [0.15, 0.2) is 30.5 Å². The minimum atomic E-state index is 0.652. The number of benzene rings is 1. The normalized spacial score (nSPS) is 10.5. The van der Waals surface area contributed by atoms with E-state index in [-0.39, 0.29) is 0 Å². The van der Waals surface area contributed by atoms with Crippen molar-refractivity contribution in [2.45, 2.75) is 13.5 Å². The van der Waals surface area contributed by atoms with Gasteiger partial charge in [-0.1, -0.05) is 23.7 Å². The van der Waals surface area contributed by atoms with Crippen LogP contribution in [0.5, 0.6) is 0 Å². The molecule has 0 radical (unpaired) electrons. The molecule has 0 aliphatic heterocycles. The predicted molar refractivity (Wildman–Crippen MR) is 61.9 cm³/mol. The first-order valence-electron chi connectivity index (χ1n) is 4.69. The molecule has 0 amide bonds. The lowest BCUT2D eigenvalue weighted by molar-refractivity contribution is 0.697. The van der Waals surface area contributed by atoms with E-state index in [0.29, 0.717) is 12.4 Å². The quantitative estimate of drug-likeness (QED) is 0.847. The van der Waals surface area contributed by atoms with E-state index in [9.17, 15) is 0 Å². The van der Waals surface area contributed by atoms with Crippen molar-refractivity contribution in [3.05, 3.63) is 46.6 Å². The summed E-state index contributed by atoms with van der Waals surface area (Å²) in [4.78, 5) is 0. The fraction of sp³-hybridized carbons (Fsp3) is 0.182. The highest BCUT2D eigenvalue weighted by Gasteiger charge is 2.01. The van der Waals surface area contributed by atoms with Gasteiger partial charge in [-0.3, -0.25) is 0 Å². The predicted octanol–water partition coefficient (Wildman–Crippen LogP) is 2.48. The molecule has 2 N–H and O–H groups in total. The van der Waals surface area contributed by atoms with Crippen molar-refractivity contribution in [2.24, 2.45) is 0 Å². The molecule has 2 aromatic rings. The second-order valence-corrected chi connectivity index (χ2v) is 3.90. The molecule has 0 aliphatic carbocycles. The average Bonchev–Trinajstić information content (AvgIpc) is 2.59. The van der Waals surface area contributed by atoms with Crippen LogP contribution in [0.25, 0.3) is 0 Å². The third kappa shape index (κ3) is 2.13. The van der Waals surface area contributed by atoms with Gasteiger partial charge in [0.1, 0.15) is 5.82 Å². The zero-order valence-corrected chi connectivity index (χ0v) is 9.20. The number of aromatic nitrogens is 2. The number of nitrogens with zero attached hydrogens (tertiary/aromatic N) is 2. The SMILES string of the molecule is Cc1ccc(Cn2nccc2N)cc1Cl. The van der Waals surface area contributed by atoms with E-state index in [1.54, 1.807) is 16.9 Å². The van der Waals surface area contributed by atoms with Gasteiger partial charge in [0.25, 0.3) is 0 Å². The highest BCUT2D eigenvalue weighted by atomic mass is 35.5. The summed E-state index contributed by atoms with van der Waals surface area (Å²) in [5.74, 6) is 0.659. The summed E-state index contributed by atoms with van der Waals surface area (Å²) in [6.07, 6.45) is 1.69. The molecule has 3 nitrogen and oxygen atoms in total. The van der Waals surface area contributed by atoms with Gasteiger partial charge in [0.15, 0.2) is 0 Å². The highest BCUT2D eigenvalue weighted by Crippen LogP contribution is 2.17. The average molecular weight is 222 g/mol. The Bertz CT molecular complexity index is 476. The van der Waals surface area contributed by atoms with Gasteiger partial charge in [-0.2, -0.15) is 5.10 Å². The second kappa shape index (κ2) is 3.95. The van der Waals surface area contributed by atoms with Crippen LogP contribution < -0.4 is 5.73 Å². The van der Waals surface area contributed by atoms with Gasteiger partial charge < -0.3 is 5.73 Å². The molecule has 0 atom stereocenters. The van der Waals surface area contributed by atoms with Crippen LogP contribution in [0.3, 0.4) is 0 Å². The Morgan fingerprint density at radius 3 is 2.80 bits per heavy atom. The van der Waals surface area contributed by atoms with Gasteiger partial charge in [0, 0.05) is 5.02 Å². The monoisotopic (exact) mass is 221 g/mol. The van der Waals surface area contributed by atoms with Crippen LogP contribution in [0.2, 0.25) is 5.02 Å². The standard InChI is InChI=1S/C11H12ClN3/c1-8-2-3-9(6-10(8)12)7-15-11(13)4-5-14-15/h2-6H,7,13H2,1H3. The molecule has 1 aromatic heterocycles. The number of halogens is 1. The third-order valence-electron chi connectivity index (χ3n) is 2.32. The van der Waals surface area contributed by atoms with Crippen molar-refractivity contribution >= 4 is 17.4 Å². The Morgan fingerprint density at radius 2 is 2.20 bits per heavy atom. The van der Waals surface area contributed by atoms with Crippen LogP contribution in [0.1, 0.15) is 11.1 Å². The summed E-state index contributed by atoms with van der Waals surface area (Å²) in [5.41, 5.74) is 7.90. The topological polar surface area (TPSA) is 43.8 Å². The lowest BCUT2D eigenvalue weighted by Gasteiger charge is -2.05. The van der Waals surface area contributed by atoms with Crippen molar-refractivity contribution in [3.8, 4) is 0 Å². The van der Waals surface area contributed by atoms with Crippen LogP contribution >= 0.6 is 11.6 Å². The minimum Gasteiger partial charge on any atom is -0.384 e. The molecular weight excluding hydrogens is 210 g/mol. The van der Waals surface area contributed by atoms with E-state index in [0.717, 1.165) is 16.1 Å². The first-order valence-corrected chi connectivity index (χ1v) is 5.07. The van der Waals surface area contributed by atoms with Crippen molar-refractivity contribution in [2.75, 3.05) is 5.73 Å². The summed E-state index contributed by atoms with van der Waals surface area (Å²) in [7, 11) is 0. The van der Waals surface area contributed by atoms with Crippen LogP contribution in [-0.2, 0) is 6.54 Å². The van der Waals surface area contributed by atoms with Gasteiger partial charge in [0.05, 0.1) is 12.7 Å². The van der Waals surface area contributed by atoms with Crippen molar-refractivity contribution in [1.82, 2.24) is 9.78 Å². The summed E-state index contributed by atoms with van der Waals surface area (Å²) >= 11 is 6.03. The summed E-state index contributed by atoms with van der Waals surface area (Å²) in [6.45, 7) is 2.63. The summed E-state index contributed by atoms with van der Waals surface area (Å²) in [5, 5.41) is 4.89. The molecule has 0 spiro atoms. The molecule has 4 heteroatoms. The second-order valence-electron chi connectivity index (χ2n) is 3.50. The Morgan fingerprint density at radius 1 is 1.40 bits per heavy atom. The molecule has 0 saturated carbocycles. The van der Waals surface area contributed by atoms with Crippen molar-refractivity contribution in [1.29, 1.82) is 0 Å². The number of rotatable bonds is 2. The molecular formula is C11H12ClN3. The number of hydrogen-bond donors (Lipinski definition) is 1. The maximum atomic E-state index is 6.03. The number of aryl methyl sites for hydroxylation is 1. The van der Waals surface area contributed by atoms with Crippen LogP contribution in [-0.4, -0.2) is 9.78 Å². The van der Waals surface area contributed by atoms with E-state index in [1.165, 1.54) is 0 Å². The highest BCUT2D eigenvalue weighted by molar-refractivity contribution is 6.31. The lowest BCUT2D eigenvalue weighted by atomic mass is 10.1. The summed E-state index contributed by atoms with van der Waals surface area (Å²) in [6, 6.07) is 7.74. The number of nitrogen functional groups attached to an aromatic ring is 1. The van der Waals surface area contributed by atoms with Gasteiger partial charge in [-0.25, -0.2) is 4.68 Å². The largest absolute Gasteiger partial charge is 0.384 e. The van der Waals surface area contributed by atoms with E-state index in [1.807, 2.05) is 25.1 Å². The van der Waals surface area contributed by atoms with Crippen LogP contribution in [0.4, 0.5) is 5.82 Å². The Kier molecular flexibility index (Phi) is 2.64. The number of anilines is 1. The van der Waals surface area contributed by atoms with Gasteiger partial charge in [0.2, 0.25) is 0 Å². The Labute approximate surface area is 93.5 Å². The first-order chi connectivity index (χ1) is 7.16. The zero-order chi connectivity index (χ0) is 10.8. The summed E-state index contributed by atoms with van der Waals surface area (Å²) < 4.78 is 1.74. The fourth-order valence-corrected chi connectivity index (χ4v) is 1.59. The minimum absolute atomic E-state index is 0.652. The zero-order valence-electron chi connectivity index (χ0n) is 8.44. The van der Waals surface area contributed by atoms with Crippen molar-refractivity contribution < 1.29 is 0 Å². The first kappa shape index (κ1) is 10.1. The lowest BCUT2D eigenvalue weighted by Crippen LogP contribution is -2.05. The van der Waals surface area contributed by atoms with Gasteiger partial charge in [-0.15, -0.1) is 0 Å². The molecule has 78 valence electrons. The van der Waals surface area contributed by atoms with Crippen molar-refractivity contribution in [3.63, 3.8) is 0 Å². The van der Waals surface area contributed by atoms with E-state index in [4.69, 9.17) is 17.3 Å². The Hall–Kier alpha value is -1.48. The molecule has 2 rings (SSSR count). The molecule has 0 unspecified atom stereocenters. The number of nitrogens with two attached hydrogens (primary N) is 1. The molecule has 1 aromatic carbocycles. The van der Waals surface area contributed by atoms with E-state index >= 15 is 0 Å². The molecule has 0 saturated heterocycles. The van der Waals surface area contributed by atoms with E-state index < -0.39 is 0 Å². The molecule has 0 bridgehead atoms. The maximum absolute atomic E-state index is 6.03.